The van der Waals surface area contributed by atoms with Crippen molar-refractivity contribution in [3.63, 3.8) is 0 Å². The molecule has 0 aliphatic heterocycles. The van der Waals surface area contributed by atoms with E-state index in [1.807, 2.05) is 13.8 Å². The molecule has 1 rings (SSSR count). The van der Waals surface area contributed by atoms with Crippen LogP contribution < -0.4 is 5.73 Å². The maximum Gasteiger partial charge on any atom is 0.0856 e. The predicted molar refractivity (Wildman–Crippen MR) is 47.4 cm³/mol. The van der Waals surface area contributed by atoms with E-state index in [0.717, 1.165) is 11.4 Å². The van der Waals surface area contributed by atoms with Gasteiger partial charge in [0.2, 0.25) is 0 Å². The molecule has 1 aromatic heterocycles. The van der Waals surface area contributed by atoms with E-state index in [0.29, 0.717) is 5.69 Å². The van der Waals surface area contributed by atoms with Gasteiger partial charge in [-0.1, -0.05) is 0 Å². The Morgan fingerprint density at radius 2 is 2.25 bits per heavy atom. The zero-order chi connectivity index (χ0) is 9.14. The smallest absolute Gasteiger partial charge is 0.0856 e. The Balaban J connectivity index is 3.06. The van der Waals surface area contributed by atoms with E-state index < -0.39 is 0 Å². The minimum absolute atomic E-state index is 0.163. The maximum atomic E-state index is 8.63. The summed E-state index contributed by atoms with van der Waals surface area (Å²) in [5.41, 5.74) is 7.82. The number of nitrogen functional groups attached to an aromatic ring is 1. The highest BCUT2D eigenvalue weighted by atomic mass is 14.8. The van der Waals surface area contributed by atoms with Crippen LogP contribution in [0.2, 0.25) is 0 Å². The minimum atomic E-state index is -0.163. The molecule has 62 valence electrons. The second-order valence-electron chi connectivity index (χ2n) is 2.76. The van der Waals surface area contributed by atoms with Crippen molar-refractivity contribution in [2.75, 3.05) is 5.73 Å². The van der Waals surface area contributed by atoms with Gasteiger partial charge in [0, 0.05) is 0 Å². The van der Waals surface area contributed by atoms with Crippen molar-refractivity contribution in [1.82, 2.24) is 4.98 Å². The van der Waals surface area contributed by atoms with E-state index in [1.165, 1.54) is 0 Å². The molecule has 1 aromatic rings. The zero-order valence-electron chi connectivity index (χ0n) is 7.20. The summed E-state index contributed by atoms with van der Waals surface area (Å²) in [6, 6.07) is 5.70. The molecule has 0 bridgehead atoms. The second kappa shape index (κ2) is 3.22. The molecule has 0 saturated carbocycles. The number of pyridine rings is 1. The summed E-state index contributed by atoms with van der Waals surface area (Å²) in [6.07, 6.45) is 0. The molecule has 1 heterocycles. The van der Waals surface area contributed by atoms with Crippen molar-refractivity contribution in [2.45, 2.75) is 19.8 Å². The van der Waals surface area contributed by atoms with Gasteiger partial charge in [0.15, 0.2) is 0 Å². The van der Waals surface area contributed by atoms with Crippen LogP contribution in [0, 0.1) is 18.3 Å². The molecule has 0 fully saturated rings. The molecular weight excluding hydrogens is 150 g/mol. The maximum absolute atomic E-state index is 8.63. The highest BCUT2D eigenvalue weighted by Crippen LogP contribution is 2.15. The first-order valence-electron chi connectivity index (χ1n) is 3.77. The summed E-state index contributed by atoms with van der Waals surface area (Å²) in [6.45, 7) is 3.65. The Morgan fingerprint density at radius 3 is 2.75 bits per heavy atom. The number of nitrogens with two attached hydrogens (primary N) is 1. The van der Waals surface area contributed by atoms with Gasteiger partial charge in [0.25, 0.3) is 0 Å². The van der Waals surface area contributed by atoms with Gasteiger partial charge in [0.1, 0.15) is 0 Å². The fraction of sp³-hybridized carbons (Fsp3) is 0.333. The highest BCUT2D eigenvalue weighted by molar-refractivity contribution is 5.43. The molecule has 0 aliphatic rings. The van der Waals surface area contributed by atoms with Crippen LogP contribution in [0.3, 0.4) is 0 Å². The SMILES string of the molecule is Cc1nc(C(C)C#N)ccc1N. The van der Waals surface area contributed by atoms with E-state index in [2.05, 4.69) is 11.1 Å². The number of anilines is 1. The van der Waals surface area contributed by atoms with Crippen molar-refractivity contribution in [2.24, 2.45) is 0 Å². The van der Waals surface area contributed by atoms with Crippen LogP contribution >= 0.6 is 0 Å². The molecule has 0 aliphatic carbocycles. The summed E-state index contributed by atoms with van der Waals surface area (Å²) < 4.78 is 0. The largest absolute Gasteiger partial charge is 0.397 e. The topological polar surface area (TPSA) is 62.7 Å². The van der Waals surface area contributed by atoms with Gasteiger partial charge in [-0.05, 0) is 26.0 Å². The summed E-state index contributed by atoms with van der Waals surface area (Å²) in [5.74, 6) is -0.163. The number of rotatable bonds is 1. The molecule has 0 spiro atoms. The van der Waals surface area contributed by atoms with Crippen molar-refractivity contribution in [3.8, 4) is 6.07 Å². The summed E-state index contributed by atoms with van der Waals surface area (Å²) in [4.78, 5) is 4.20. The van der Waals surface area contributed by atoms with Crippen molar-refractivity contribution >= 4 is 5.69 Å². The van der Waals surface area contributed by atoms with Gasteiger partial charge in [-0.2, -0.15) is 5.26 Å². The lowest BCUT2D eigenvalue weighted by atomic mass is 10.1. The van der Waals surface area contributed by atoms with Gasteiger partial charge in [-0.3, -0.25) is 4.98 Å². The van der Waals surface area contributed by atoms with Crippen LogP contribution in [0.15, 0.2) is 12.1 Å². The highest BCUT2D eigenvalue weighted by Gasteiger charge is 2.05. The van der Waals surface area contributed by atoms with E-state index >= 15 is 0 Å². The third-order valence-corrected chi connectivity index (χ3v) is 1.79. The fourth-order valence-electron chi connectivity index (χ4n) is 0.899. The number of aromatic nitrogens is 1. The third kappa shape index (κ3) is 1.54. The standard InChI is InChI=1S/C9H11N3/c1-6(5-10)9-4-3-8(11)7(2)12-9/h3-4,6H,11H2,1-2H3. The van der Waals surface area contributed by atoms with Gasteiger partial charge < -0.3 is 5.73 Å². The Bertz CT molecular complexity index is 325. The third-order valence-electron chi connectivity index (χ3n) is 1.79. The number of hydrogen-bond donors (Lipinski definition) is 1. The monoisotopic (exact) mass is 161 g/mol. The van der Waals surface area contributed by atoms with E-state index in [1.54, 1.807) is 12.1 Å². The lowest BCUT2D eigenvalue weighted by Crippen LogP contribution is -1.99. The van der Waals surface area contributed by atoms with Gasteiger partial charge >= 0.3 is 0 Å². The normalized spacial score (nSPS) is 12.1. The van der Waals surface area contributed by atoms with Crippen molar-refractivity contribution < 1.29 is 0 Å². The number of nitrogens with zero attached hydrogens (tertiary/aromatic N) is 2. The first kappa shape index (κ1) is 8.54. The minimum Gasteiger partial charge on any atom is -0.397 e. The molecule has 3 heteroatoms. The van der Waals surface area contributed by atoms with Gasteiger partial charge in [-0.15, -0.1) is 0 Å². The van der Waals surface area contributed by atoms with E-state index in [4.69, 9.17) is 11.0 Å². The van der Waals surface area contributed by atoms with Gasteiger partial charge in [0.05, 0.1) is 29.1 Å². The number of aryl methyl sites for hydroxylation is 1. The van der Waals surface area contributed by atoms with Crippen LogP contribution in [-0.4, -0.2) is 4.98 Å². The predicted octanol–water partition coefficient (Wildman–Crippen LogP) is 1.60. The average molecular weight is 161 g/mol. The Morgan fingerprint density at radius 1 is 1.58 bits per heavy atom. The summed E-state index contributed by atoms with van der Waals surface area (Å²) in [5, 5.41) is 8.63. The number of hydrogen-bond acceptors (Lipinski definition) is 3. The lowest BCUT2D eigenvalue weighted by molar-refractivity contribution is 0.908. The number of nitriles is 1. The Labute approximate surface area is 71.8 Å². The lowest BCUT2D eigenvalue weighted by Gasteiger charge is -2.04. The molecule has 12 heavy (non-hydrogen) atoms. The van der Waals surface area contributed by atoms with Crippen LogP contribution in [0.1, 0.15) is 24.2 Å². The molecular formula is C9H11N3. The molecule has 0 radical (unpaired) electrons. The average Bonchev–Trinajstić information content (AvgIpc) is 2.08. The fourth-order valence-corrected chi connectivity index (χ4v) is 0.899. The second-order valence-corrected chi connectivity index (χ2v) is 2.76. The van der Waals surface area contributed by atoms with E-state index in [-0.39, 0.29) is 5.92 Å². The quantitative estimate of drug-likeness (QED) is 0.680. The molecule has 2 N–H and O–H groups in total. The zero-order valence-corrected chi connectivity index (χ0v) is 7.20. The molecule has 0 amide bonds. The molecule has 1 unspecified atom stereocenters. The van der Waals surface area contributed by atoms with Crippen LogP contribution in [0.5, 0.6) is 0 Å². The van der Waals surface area contributed by atoms with Crippen LogP contribution in [0.4, 0.5) is 5.69 Å². The molecule has 3 nitrogen and oxygen atoms in total. The molecule has 0 aromatic carbocycles. The van der Waals surface area contributed by atoms with Crippen LogP contribution in [0.25, 0.3) is 0 Å². The Kier molecular flexibility index (Phi) is 2.29. The Hall–Kier alpha value is -1.56. The van der Waals surface area contributed by atoms with Crippen LogP contribution in [-0.2, 0) is 0 Å². The van der Waals surface area contributed by atoms with Crippen molar-refractivity contribution in [1.29, 1.82) is 5.26 Å². The first-order valence-corrected chi connectivity index (χ1v) is 3.77. The molecule has 0 saturated heterocycles. The first-order chi connectivity index (χ1) is 5.65. The molecule has 1 atom stereocenters. The summed E-state index contributed by atoms with van der Waals surface area (Å²) >= 11 is 0. The summed E-state index contributed by atoms with van der Waals surface area (Å²) in [7, 11) is 0. The van der Waals surface area contributed by atoms with Crippen molar-refractivity contribution in [3.05, 3.63) is 23.5 Å². The van der Waals surface area contributed by atoms with Gasteiger partial charge in [-0.25, -0.2) is 0 Å². The van der Waals surface area contributed by atoms with E-state index in [9.17, 15) is 0 Å².